The number of hydrogen-bond acceptors (Lipinski definition) is 2. The summed E-state index contributed by atoms with van der Waals surface area (Å²) in [6.07, 6.45) is 3.61. The Morgan fingerprint density at radius 2 is 1.52 bits per heavy atom. The Morgan fingerprint density at radius 3 is 2.13 bits per heavy atom. The maximum atomic E-state index is 11.9. The van der Waals surface area contributed by atoms with Gasteiger partial charge in [0.15, 0.2) is 0 Å². The molecule has 0 spiro atoms. The van der Waals surface area contributed by atoms with Gasteiger partial charge in [-0.25, -0.2) is 0 Å². The summed E-state index contributed by atoms with van der Waals surface area (Å²) in [4.78, 5) is 11.9. The third-order valence-electron chi connectivity index (χ3n) is 4.24. The third-order valence-corrected chi connectivity index (χ3v) is 4.24. The van der Waals surface area contributed by atoms with E-state index in [0.29, 0.717) is 13.0 Å². The number of esters is 1. The van der Waals surface area contributed by atoms with Crippen LogP contribution in [-0.4, -0.2) is 5.97 Å². The molecule has 2 nitrogen and oxygen atoms in total. The molecule has 0 saturated carbocycles. The minimum atomic E-state index is -0.101. The highest BCUT2D eigenvalue weighted by Crippen LogP contribution is 2.29. The average molecular weight is 306 g/mol. The normalized spacial score (nSPS) is 11.0. The van der Waals surface area contributed by atoms with Crippen molar-refractivity contribution in [3.63, 3.8) is 0 Å². The Balaban J connectivity index is 1.89. The molecule has 0 aliphatic carbocycles. The van der Waals surface area contributed by atoms with Gasteiger partial charge in [0.25, 0.3) is 0 Å². The van der Waals surface area contributed by atoms with Crippen molar-refractivity contribution in [3.8, 4) is 0 Å². The van der Waals surface area contributed by atoms with Crippen molar-refractivity contribution < 1.29 is 9.53 Å². The molecule has 0 amide bonds. The van der Waals surface area contributed by atoms with Gasteiger partial charge in [0.1, 0.15) is 6.61 Å². The lowest BCUT2D eigenvalue weighted by Crippen LogP contribution is -2.05. The van der Waals surface area contributed by atoms with Crippen LogP contribution in [0.1, 0.15) is 38.2 Å². The molecule has 0 heterocycles. The topological polar surface area (TPSA) is 26.3 Å². The zero-order valence-electron chi connectivity index (χ0n) is 13.5. The molecule has 0 aliphatic rings. The molecule has 0 radical (unpaired) electrons. The van der Waals surface area contributed by atoms with E-state index in [-0.39, 0.29) is 5.97 Å². The van der Waals surface area contributed by atoms with E-state index in [1.54, 1.807) is 0 Å². The monoisotopic (exact) mass is 306 g/mol. The lowest BCUT2D eigenvalue weighted by atomic mass is 9.97. The molecule has 2 heteroatoms. The van der Waals surface area contributed by atoms with E-state index < -0.39 is 0 Å². The zero-order valence-corrected chi connectivity index (χ0v) is 13.5. The first-order valence-electron chi connectivity index (χ1n) is 8.34. The van der Waals surface area contributed by atoms with E-state index in [1.165, 1.54) is 10.8 Å². The molecule has 3 aromatic carbocycles. The van der Waals surface area contributed by atoms with Crippen LogP contribution >= 0.6 is 0 Å². The number of benzene rings is 3. The highest BCUT2D eigenvalue weighted by molar-refractivity contribution is 6.02. The molecular weight excluding hydrogens is 284 g/mol. The van der Waals surface area contributed by atoms with Crippen LogP contribution < -0.4 is 0 Å². The number of ether oxygens (including phenoxy) is 1. The van der Waals surface area contributed by atoms with Gasteiger partial charge in [0.05, 0.1) is 0 Å². The van der Waals surface area contributed by atoms with Crippen molar-refractivity contribution in [2.24, 2.45) is 0 Å². The number of hydrogen-bond donors (Lipinski definition) is 0. The Labute approximate surface area is 137 Å². The molecule has 0 aromatic heterocycles. The summed E-state index contributed by atoms with van der Waals surface area (Å²) < 4.78 is 5.55. The molecule has 0 aliphatic heterocycles. The van der Waals surface area contributed by atoms with Crippen LogP contribution in [-0.2, 0) is 16.1 Å². The van der Waals surface area contributed by atoms with Gasteiger partial charge in [-0.05, 0) is 34.0 Å². The lowest BCUT2D eigenvalue weighted by molar-refractivity contribution is -0.145. The predicted molar refractivity (Wildman–Crippen MR) is 95.4 cm³/mol. The molecule has 23 heavy (non-hydrogen) atoms. The summed E-state index contributed by atoms with van der Waals surface area (Å²) in [5.41, 5.74) is 1.10. The highest BCUT2D eigenvalue weighted by Gasteiger charge is 2.10. The molecule has 0 N–H and O–H groups in total. The second-order valence-corrected chi connectivity index (χ2v) is 5.92. The van der Waals surface area contributed by atoms with Gasteiger partial charge in [-0.15, -0.1) is 0 Å². The number of carbonyl (C=O) groups is 1. The second-order valence-electron chi connectivity index (χ2n) is 5.92. The summed E-state index contributed by atoms with van der Waals surface area (Å²) in [5.74, 6) is -0.101. The predicted octanol–water partition coefficient (Wildman–Crippen LogP) is 5.62. The first-order valence-corrected chi connectivity index (χ1v) is 8.34. The first-order chi connectivity index (χ1) is 11.3. The van der Waals surface area contributed by atoms with Gasteiger partial charge in [0, 0.05) is 12.0 Å². The Kier molecular flexibility index (Phi) is 4.92. The van der Waals surface area contributed by atoms with E-state index in [2.05, 4.69) is 37.3 Å². The van der Waals surface area contributed by atoms with Crippen LogP contribution in [0.5, 0.6) is 0 Å². The lowest BCUT2D eigenvalue weighted by Gasteiger charge is -2.12. The van der Waals surface area contributed by atoms with Crippen molar-refractivity contribution in [1.82, 2.24) is 0 Å². The number of unbranched alkanes of at least 4 members (excludes halogenated alkanes) is 2. The van der Waals surface area contributed by atoms with Crippen LogP contribution in [0.4, 0.5) is 0 Å². The van der Waals surface area contributed by atoms with Gasteiger partial charge < -0.3 is 4.74 Å². The largest absolute Gasteiger partial charge is 0.461 e. The standard InChI is InChI=1S/C21H22O2/c1-2-3-4-13-21(22)23-15-20-18-11-7-5-9-16(18)14-17-10-6-8-12-19(17)20/h5-12,14H,2-4,13,15H2,1H3. The maximum Gasteiger partial charge on any atom is 0.306 e. The highest BCUT2D eigenvalue weighted by atomic mass is 16.5. The minimum absolute atomic E-state index is 0.101. The van der Waals surface area contributed by atoms with E-state index in [9.17, 15) is 4.79 Å². The quantitative estimate of drug-likeness (QED) is 0.336. The van der Waals surface area contributed by atoms with Gasteiger partial charge in [0.2, 0.25) is 0 Å². The number of fused-ring (bicyclic) bond motifs is 2. The van der Waals surface area contributed by atoms with Crippen molar-refractivity contribution in [3.05, 3.63) is 60.2 Å². The van der Waals surface area contributed by atoms with E-state index in [0.717, 1.165) is 35.6 Å². The van der Waals surface area contributed by atoms with Crippen LogP contribution in [0, 0.1) is 0 Å². The van der Waals surface area contributed by atoms with Crippen molar-refractivity contribution in [2.45, 2.75) is 39.2 Å². The van der Waals surface area contributed by atoms with E-state index in [1.807, 2.05) is 24.3 Å². The summed E-state index contributed by atoms with van der Waals surface area (Å²) >= 11 is 0. The summed E-state index contributed by atoms with van der Waals surface area (Å²) in [6.45, 7) is 2.47. The minimum Gasteiger partial charge on any atom is -0.461 e. The zero-order chi connectivity index (χ0) is 16.1. The van der Waals surface area contributed by atoms with Crippen LogP contribution in [0.2, 0.25) is 0 Å². The molecular formula is C21H22O2. The molecule has 0 saturated heterocycles. The third kappa shape index (κ3) is 3.53. The van der Waals surface area contributed by atoms with Gasteiger partial charge >= 0.3 is 5.97 Å². The SMILES string of the molecule is CCCCCC(=O)OCc1c2ccccc2cc2ccccc12. The van der Waals surface area contributed by atoms with Crippen molar-refractivity contribution >= 4 is 27.5 Å². The van der Waals surface area contributed by atoms with Gasteiger partial charge in [-0.2, -0.15) is 0 Å². The molecule has 3 aromatic rings. The van der Waals surface area contributed by atoms with Crippen LogP contribution in [0.15, 0.2) is 54.6 Å². The van der Waals surface area contributed by atoms with Crippen molar-refractivity contribution in [2.75, 3.05) is 0 Å². The average Bonchev–Trinajstić information content (AvgIpc) is 2.59. The van der Waals surface area contributed by atoms with Gasteiger partial charge in [-0.3, -0.25) is 4.79 Å². The van der Waals surface area contributed by atoms with Crippen molar-refractivity contribution in [1.29, 1.82) is 0 Å². The fourth-order valence-corrected chi connectivity index (χ4v) is 3.01. The van der Waals surface area contributed by atoms with Crippen LogP contribution in [0.3, 0.4) is 0 Å². The maximum absolute atomic E-state index is 11.9. The molecule has 0 fully saturated rings. The first kappa shape index (κ1) is 15.5. The second kappa shape index (κ2) is 7.28. The summed E-state index contributed by atoms with van der Waals surface area (Å²) in [6, 6.07) is 18.7. The van der Waals surface area contributed by atoms with E-state index >= 15 is 0 Å². The molecule has 118 valence electrons. The molecule has 3 rings (SSSR count). The fraction of sp³-hybridized carbons (Fsp3) is 0.286. The summed E-state index contributed by atoms with van der Waals surface area (Å²) in [7, 11) is 0. The Morgan fingerprint density at radius 1 is 0.913 bits per heavy atom. The smallest absolute Gasteiger partial charge is 0.306 e. The van der Waals surface area contributed by atoms with E-state index in [4.69, 9.17) is 4.74 Å². The Bertz CT molecular complexity index is 766. The summed E-state index contributed by atoms with van der Waals surface area (Å²) in [5, 5.41) is 4.69. The number of rotatable bonds is 6. The Hall–Kier alpha value is -2.35. The van der Waals surface area contributed by atoms with Crippen LogP contribution in [0.25, 0.3) is 21.5 Å². The molecule has 0 unspecified atom stereocenters. The number of carbonyl (C=O) groups excluding carboxylic acids is 1. The fourth-order valence-electron chi connectivity index (χ4n) is 3.01. The molecule has 0 bridgehead atoms. The van der Waals surface area contributed by atoms with Gasteiger partial charge in [-0.1, -0.05) is 68.3 Å². The molecule has 0 atom stereocenters.